The van der Waals surface area contributed by atoms with Crippen LogP contribution in [0.15, 0.2) is 12.1 Å². The number of pyridine rings is 1. The molecule has 0 spiro atoms. The summed E-state index contributed by atoms with van der Waals surface area (Å²) in [5.74, 6) is -0.0308. The molecule has 8 nitrogen and oxygen atoms in total. The molecule has 0 saturated carbocycles. The molecule has 1 aliphatic rings. The molecule has 1 aromatic rings. The predicted molar refractivity (Wildman–Crippen MR) is 83.4 cm³/mol. The van der Waals surface area contributed by atoms with Gasteiger partial charge in [-0.1, -0.05) is 0 Å². The molecule has 1 saturated heterocycles. The molecule has 1 fully saturated rings. The van der Waals surface area contributed by atoms with Crippen molar-refractivity contribution >= 4 is 11.8 Å². The molecular formula is C15H22N4O4. The van der Waals surface area contributed by atoms with E-state index in [1.165, 1.54) is 19.1 Å². The van der Waals surface area contributed by atoms with Crippen LogP contribution in [0.25, 0.3) is 0 Å². The highest BCUT2D eigenvalue weighted by Gasteiger charge is 2.39. The third kappa shape index (κ3) is 3.53. The quantitative estimate of drug-likeness (QED) is 0.776. The van der Waals surface area contributed by atoms with Gasteiger partial charge in [0.1, 0.15) is 11.6 Å². The SMILES string of the molecule is CCNC(=O)[C@@H]1C[C@@H](N)CN1C(=O)c1ccc(OC)nc1OC. The van der Waals surface area contributed by atoms with Crippen LogP contribution in [-0.4, -0.2) is 61.1 Å². The Morgan fingerprint density at radius 3 is 2.74 bits per heavy atom. The maximum Gasteiger partial charge on any atom is 0.260 e. The van der Waals surface area contributed by atoms with Crippen LogP contribution in [0.4, 0.5) is 0 Å². The molecule has 126 valence electrons. The van der Waals surface area contributed by atoms with Gasteiger partial charge in [-0.25, -0.2) is 0 Å². The van der Waals surface area contributed by atoms with Gasteiger partial charge in [-0.2, -0.15) is 4.98 Å². The van der Waals surface area contributed by atoms with Crippen LogP contribution in [-0.2, 0) is 4.79 Å². The monoisotopic (exact) mass is 322 g/mol. The molecule has 1 aromatic heterocycles. The molecule has 3 N–H and O–H groups in total. The van der Waals surface area contributed by atoms with Crippen molar-refractivity contribution in [2.24, 2.45) is 5.73 Å². The Bertz CT molecular complexity index is 593. The number of nitrogens with two attached hydrogens (primary N) is 1. The maximum atomic E-state index is 12.8. The van der Waals surface area contributed by atoms with Gasteiger partial charge in [-0.15, -0.1) is 0 Å². The maximum absolute atomic E-state index is 12.8. The smallest absolute Gasteiger partial charge is 0.260 e. The number of carbonyl (C=O) groups excluding carboxylic acids is 2. The molecule has 2 rings (SSSR count). The van der Waals surface area contributed by atoms with Crippen LogP contribution in [0.2, 0.25) is 0 Å². The first-order valence-corrected chi connectivity index (χ1v) is 7.45. The number of aromatic nitrogens is 1. The number of hydrogen-bond donors (Lipinski definition) is 2. The number of nitrogens with one attached hydrogen (secondary N) is 1. The molecular weight excluding hydrogens is 300 g/mol. The fraction of sp³-hybridized carbons (Fsp3) is 0.533. The van der Waals surface area contributed by atoms with Gasteiger partial charge in [0.25, 0.3) is 5.91 Å². The van der Waals surface area contributed by atoms with Gasteiger partial charge in [0.05, 0.1) is 14.2 Å². The van der Waals surface area contributed by atoms with Crippen molar-refractivity contribution in [1.82, 2.24) is 15.2 Å². The zero-order chi connectivity index (χ0) is 17.0. The van der Waals surface area contributed by atoms with Crippen molar-refractivity contribution in [3.8, 4) is 11.8 Å². The zero-order valence-corrected chi connectivity index (χ0v) is 13.5. The number of ether oxygens (including phenoxy) is 2. The molecule has 8 heteroatoms. The highest BCUT2D eigenvalue weighted by atomic mass is 16.5. The topological polar surface area (TPSA) is 107 Å². The van der Waals surface area contributed by atoms with E-state index >= 15 is 0 Å². The van der Waals surface area contributed by atoms with Crippen molar-refractivity contribution in [2.75, 3.05) is 27.3 Å². The summed E-state index contributed by atoms with van der Waals surface area (Å²) >= 11 is 0. The standard InChI is InChI=1S/C15H22N4O4/c1-4-17-13(20)11-7-9(16)8-19(11)15(21)10-5-6-12(22-2)18-14(10)23-3/h5-6,9,11H,4,7-8,16H2,1-3H3,(H,17,20)/t9-,11+/m1/s1. The Morgan fingerprint density at radius 2 is 2.13 bits per heavy atom. The summed E-state index contributed by atoms with van der Waals surface area (Å²) in [7, 11) is 2.91. The van der Waals surface area contributed by atoms with Gasteiger partial charge >= 0.3 is 0 Å². The minimum Gasteiger partial charge on any atom is -0.481 e. The summed E-state index contributed by atoms with van der Waals surface area (Å²) in [6.07, 6.45) is 0.434. The Labute approximate surface area is 134 Å². The minimum atomic E-state index is -0.579. The molecule has 0 unspecified atom stereocenters. The summed E-state index contributed by atoms with van der Waals surface area (Å²) in [6, 6.07) is 2.34. The average molecular weight is 322 g/mol. The van der Waals surface area contributed by atoms with Crippen molar-refractivity contribution in [3.05, 3.63) is 17.7 Å². The second kappa shape index (κ2) is 7.28. The second-order valence-corrected chi connectivity index (χ2v) is 5.27. The van der Waals surface area contributed by atoms with Crippen molar-refractivity contribution in [1.29, 1.82) is 0 Å². The van der Waals surface area contributed by atoms with Gasteiger partial charge < -0.3 is 25.4 Å². The molecule has 2 atom stereocenters. The molecule has 0 aliphatic carbocycles. The molecule has 0 radical (unpaired) electrons. The van der Waals surface area contributed by atoms with Crippen molar-refractivity contribution in [3.63, 3.8) is 0 Å². The van der Waals surface area contributed by atoms with Gasteiger partial charge in [0.2, 0.25) is 17.7 Å². The summed E-state index contributed by atoms with van der Waals surface area (Å²) in [6.45, 7) is 2.64. The van der Waals surface area contributed by atoms with Gasteiger partial charge in [-0.3, -0.25) is 9.59 Å². The number of methoxy groups -OCH3 is 2. The Hall–Kier alpha value is -2.35. The predicted octanol–water partition coefficient (Wildman–Crippen LogP) is -0.223. The van der Waals surface area contributed by atoms with E-state index in [1.807, 2.05) is 6.92 Å². The van der Waals surface area contributed by atoms with Gasteiger partial charge in [-0.05, 0) is 19.4 Å². The Balaban J connectivity index is 2.29. The third-order valence-electron chi connectivity index (χ3n) is 3.72. The largest absolute Gasteiger partial charge is 0.481 e. The van der Waals surface area contributed by atoms with Crippen LogP contribution in [0, 0.1) is 0 Å². The minimum absolute atomic E-state index is 0.157. The van der Waals surface area contributed by atoms with E-state index in [9.17, 15) is 9.59 Å². The van der Waals surface area contributed by atoms with E-state index in [1.54, 1.807) is 12.1 Å². The summed E-state index contributed by atoms with van der Waals surface area (Å²) < 4.78 is 10.2. The second-order valence-electron chi connectivity index (χ2n) is 5.27. The van der Waals surface area contributed by atoms with E-state index in [-0.39, 0.29) is 29.3 Å². The number of nitrogens with zero attached hydrogens (tertiary/aromatic N) is 2. The lowest BCUT2D eigenvalue weighted by Crippen LogP contribution is -2.46. The Morgan fingerprint density at radius 1 is 1.39 bits per heavy atom. The van der Waals surface area contributed by atoms with Crippen LogP contribution < -0.4 is 20.5 Å². The summed E-state index contributed by atoms with van der Waals surface area (Å²) in [4.78, 5) is 30.6. The lowest BCUT2D eigenvalue weighted by molar-refractivity contribution is -0.124. The molecule has 2 amide bonds. The van der Waals surface area contributed by atoms with E-state index in [4.69, 9.17) is 15.2 Å². The van der Waals surface area contributed by atoms with Crippen LogP contribution in [0.3, 0.4) is 0 Å². The van der Waals surface area contributed by atoms with Crippen LogP contribution in [0.1, 0.15) is 23.7 Å². The zero-order valence-electron chi connectivity index (χ0n) is 13.5. The fourth-order valence-corrected chi connectivity index (χ4v) is 2.64. The molecule has 1 aliphatic heterocycles. The molecule has 2 heterocycles. The first-order valence-electron chi connectivity index (χ1n) is 7.45. The van der Waals surface area contributed by atoms with Gasteiger partial charge in [0.15, 0.2) is 0 Å². The fourth-order valence-electron chi connectivity index (χ4n) is 2.64. The number of likely N-dealkylation sites (tertiary alicyclic amines) is 1. The third-order valence-corrected chi connectivity index (χ3v) is 3.72. The van der Waals surface area contributed by atoms with Gasteiger partial charge in [0, 0.05) is 25.2 Å². The number of hydrogen-bond acceptors (Lipinski definition) is 6. The van der Waals surface area contributed by atoms with Crippen molar-refractivity contribution in [2.45, 2.75) is 25.4 Å². The lowest BCUT2D eigenvalue weighted by Gasteiger charge is -2.24. The van der Waals surface area contributed by atoms with E-state index in [0.29, 0.717) is 25.4 Å². The van der Waals surface area contributed by atoms with Crippen LogP contribution >= 0.6 is 0 Å². The number of likely N-dealkylation sites (N-methyl/N-ethyl adjacent to an activating group) is 1. The number of carbonyl (C=O) groups is 2. The van der Waals surface area contributed by atoms with E-state index in [0.717, 1.165) is 0 Å². The molecule has 23 heavy (non-hydrogen) atoms. The normalized spacial score (nSPS) is 20.3. The molecule has 0 bridgehead atoms. The first-order chi connectivity index (χ1) is 11.0. The summed E-state index contributed by atoms with van der Waals surface area (Å²) in [5.41, 5.74) is 6.22. The van der Waals surface area contributed by atoms with Crippen molar-refractivity contribution < 1.29 is 19.1 Å². The highest BCUT2D eigenvalue weighted by molar-refractivity contribution is 5.99. The number of rotatable bonds is 5. The Kier molecular flexibility index (Phi) is 5.38. The molecule has 0 aromatic carbocycles. The summed E-state index contributed by atoms with van der Waals surface area (Å²) in [5, 5.41) is 2.74. The lowest BCUT2D eigenvalue weighted by atomic mass is 10.1. The van der Waals surface area contributed by atoms with E-state index in [2.05, 4.69) is 10.3 Å². The first kappa shape index (κ1) is 17.0. The highest BCUT2D eigenvalue weighted by Crippen LogP contribution is 2.25. The average Bonchev–Trinajstić information content (AvgIpc) is 2.95. The van der Waals surface area contributed by atoms with E-state index < -0.39 is 6.04 Å². The van der Waals surface area contributed by atoms with Crippen LogP contribution in [0.5, 0.6) is 11.8 Å². The number of amides is 2.